The van der Waals surface area contributed by atoms with Gasteiger partial charge in [-0.1, -0.05) is 47.2 Å². The lowest BCUT2D eigenvalue weighted by molar-refractivity contribution is 1.18. The maximum Gasteiger partial charge on any atom is 0.196 e. The number of nitrogens with one attached hydrogen (secondary N) is 1. The number of anilines is 1. The van der Waals surface area contributed by atoms with Crippen LogP contribution >= 0.6 is 11.3 Å². The van der Waals surface area contributed by atoms with Gasteiger partial charge in [-0.25, -0.2) is 4.98 Å². The van der Waals surface area contributed by atoms with Gasteiger partial charge in [0.15, 0.2) is 15.7 Å². The number of hydrazone groups is 1. The smallest absolute Gasteiger partial charge is 0.196 e. The second-order valence-corrected chi connectivity index (χ2v) is 6.47. The lowest BCUT2D eigenvalue weighted by Gasteiger charge is -2.00. The maximum atomic E-state index is 9.40. The second kappa shape index (κ2) is 8.14. The van der Waals surface area contributed by atoms with Crippen LogP contribution in [0.3, 0.4) is 0 Å². The fraction of sp³-hybridized carbons (Fsp3) is 0.105. The molecule has 0 fully saturated rings. The maximum absolute atomic E-state index is 9.40. The minimum atomic E-state index is 0.208. The van der Waals surface area contributed by atoms with E-state index in [9.17, 15) is 5.26 Å². The highest BCUT2D eigenvalue weighted by Gasteiger charge is 2.13. The first kappa shape index (κ1) is 17.5. The highest BCUT2D eigenvalue weighted by Crippen LogP contribution is 2.29. The normalized spacial score (nSPS) is 11.5. The molecular formula is C19H16N6S. The number of hydrogen-bond donors (Lipinski definition) is 1. The topological polar surface area (TPSA) is 85.8 Å². The number of aromatic nitrogens is 1. The van der Waals surface area contributed by atoms with Gasteiger partial charge in [0.1, 0.15) is 6.07 Å². The lowest BCUT2D eigenvalue weighted by atomic mass is 10.2. The number of hydrogen-bond acceptors (Lipinski definition) is 7. The summed E-state index contributed by atoms with van der Waals surface area (Å²) in [4.78, 5) is 4.39. The van der Waals surface area contributed by atoms with E-state index in [-0.39, 0.29) is 5.71 Å². The van der Waals surface area contributed by atoms with Gasteiger partial charge in [-0.2, -0.15) is 10.4 Å². The molecule has 0 spiro atoms. The SMILES string of the molecule is Cc1ccc(N/N=C(\C#N)c2nc(C)c(N=Nc3ccccc3)s2)cc1. The Bertz CT molecular complexity index is 981. The van der Waals surface area contributed by atoms with Gasteiger partial charge >= 0.3 is 0 Å². The van der Waals surface area contributed by atoms with E-state index in [1.165, 1.54) is 11.3 Å². The van der Waals surface area contributed by atoms with Crippen molar-refractivity contribution in [3.8, 4) is 6.07 Å². The molecule has 0 radical (unpaired) electrons. The Kier molecular flexibility index (Phi) is 5.46. The third-order valence-corrected chi connectivity index (χ3v) is 4.49. The van der Waals surface area contributed by atoms with Crippen LogP contribution in [-0.4, -0.2) is 10.7 Å². The molecule has 0 aliphatic rings. The lowest BCUT2D eigenvalue weighted by Crippen LogP contribution is -2.01. The molecule has 6 nitrogen and oxygen atoms in total. The van der Waals surface area contributed by atoms with Crippen LogP contribution in [0.5, 0.6) is 0 Å². The zero-order chi connectivity index (χ0) is 18.4. The van der Waals surface area contributed by atoms with Crippen molar-refractivity contribution in [2.45, 2.75) is 13.8 Å². The predicted octanol–water partition coefficient (Wildman–Crippen LogP) is 5.52. The first-order valence-corrected chi connectivity index (χ1v) is 8.72. The van der Waals surface area contributed by atoms with Crippen molar-refractivity contribution < 1.29 is 0 Å². The number of benzene rings is 2. The van der Waals surface area contributed by atoms with Crippen LogP contribution in [0.4, 0.5) is 16.4 Å². The molecule has 0 atom stereocenters. The van der Waals surface area contributed by atoms with E-state index >= 15 is 0 Å². The van der Waals surface area contributed by atoms with Crippen molar-refractivity contribution >= 4 is 33.4 Å². The number of aryl methyl sites for hydroxylation is 2. The summed E-state index contributed by atoms with van der Waals surface area (Å²) in [6, 6.07) is 19.3. The Morgan fingerprint density at radius 3 is 2.46 bits per heavy atom. The third-order valence-electron chi connectivity index (χ3n) is 3.44. The zero-order valence-corrected chi connectivity index (χ0v) is 15.2. The van der Waals surface area contributed by atoms with Gasteiger partial charge in [-0.3, -0.25) is 5.43 Å². The largest absolute Gasteiger partial charge is 0.277 e. The molecule has 3 rings (SSSR count). The number of nitriles is 1. The fourth-order valence-electron chi connectivity index (χ4n) is 2.05. The molecule has 0 unspecified atom stereocenters. The van der Waals surface area contributed by atoms with Crippen LogP contribution in [0.15, 0.2) is 69.9 Å². The quantitative estimate of drug-likeness (QED) is 0.369. The number of azo groups is 1. The number of nitrogens with zero attached hydrogens (tertiary/aromatic N) is 5. The fourth-order valence-corrected chi connectivity index (χ4v) is 2.88. The van der Waals surface area contributed by atoms with Gasteiger partial charge in [-0.05, 0) is 38.1 Å². The van der Waals surface area contributed by atoms with Crippen molar-refractivity contribution in [2.75, 3.05) is 5.43 Å². The average molecular weight is 360 g/mol. The predicted molar refractivity (Wildman–Crippen MR) is 104 cm³/mol. The Morgan fingerprint density at radius 1 is 1.04 bits per heavy atom. The minimum absolute atomic E-state index is 0.208. The Hall–Kier alpha value is -3.37. The summed E-state index contributed by atoms with van der Waals surface area (Å²) in [6.07, 6.45) is 0. The molecule has 0 saturated carbocycles. The van der Waals surface area contributed by atoms with Crippen LogP contribution in [0.2, 0.25) is 0 Å². The van der Waals surface area contributed by atoms with E-state index < -0.39 is 0 Å². The summed E-state index contributed by atoms with van der Waals surface area (Å²) in [5, 5.41) is 23.2. The van der Waals surface area contributed by atoms with Crippen LogP contribution in [-0.2, 0) is 0 Å². The molecule has 128 valence electrons. The molecule has 2 aromatic carbocycles. The molecule has 3 aromatic rings. The van der Waals surface area contributed by atoms with Crippen LogP contribution in [0.1, 0.15) is 16.3 Å². The standard InChI is InChI=1S/C19H16N6S/c1-13-8-10-16(11-9-13)22-24-17(12-20)19-21-14(2)18(26-19)25-23-15-6-4-3-5-7-15/h3-11,22H,1-2H3/b24-17+,25-23?. The third kappa shape index (κ3) is 4.37. The number of thiazole rings is 1. The number of rotatable bonds is 5. The highest BCUT2D eigenvalue weighted by atomic mass is 32.1. The van der Waals surface area contributed by atoms with Crippen LogP contribution in [0.25, 0.3) is 0 Å². The van der Waals surface area contributed by atoms with Gasteiger partial charge in [-0.15, -0.1) is 10.2 Å². The van der Waals surface area contributed by atoms with Gasteiger partial charge in [0.05, 0.1) is 17.1 Å². The molecule has 7 heteroatoms. The van der Waals surface area contributed by atoms with Crippen LogP contribution in [0, 0.1) is 25.2 Å². The summed E-state index contributed by atoms with van der Waals surface area (Å²) in [7, 11) is 0. The monoisotopic (exact) mass is 360 g/mol. The summed E-state index contributed by atoms with van der Waals surface area (Å²) < 4.78 is 0. The molecule has 1 aromatic heterocycles. The molecule has 0 aliphatic carbocycles. The average Bonchev–Trinajstić information content (AvgIpc) is 3.03. The molecule has 0 amide bonds. The highest BCUT2D eigenvalue weighted by molar-refractivity contribution is 7.17. The molecule has 0 aliphatic heterocycles. The summed E-state index contributed by atoms with van der Waals surface area (Å²) in [5.74, 6) is 0. The first-order chi connectivity index (χ1) is 12.7. The molecule has 1 N–H and O–H groups in total. The summed E-state index contributed by atoms with van der Waals surface area (Å²) >= 11 is 1.28. The van der Waals surface area contributed by atoms with Gasteiger partial charge in [0.25, 0.3) is 0 Å². The van der Waals surface area contributed by atoms with Crippen LogP contribution < -0.4 is 5.43 Å². The van der Waals surface area contributed by atoms with Crippen molar-refractivity contribution in [1.29, 1.82) is 5.26 Å². The molecule has 1 heterocycles. The second-order valence-electron chi connectivity index (χ2n) is 5.50. The van der Waals surface area contributed by atoms with E-state index in [1.807, 2.05) is 68.4 Å². The van der Waals surface area contributed by atoms with Crippen molar-refractivity contribution in [1.82, 2.24) is 4.98 Å². The van der Waals surface area contributed by atoms with E-state index in [4.69, 9.17) is 0 Å². The van der Waals surface area contributed by atoms with E-state index in [1.54, 1.807) is 0 Å². The van der Waals surface area contributed by atoms with E-state index in [0.717, 1.165) is 16.9 Å². The Morgan fingerprint density at radius 2 is 1.77 bits per heavy atom. The minimum Gasteiger partial charge on any atom is -0.277 e. The first-order valence-electron chi connectivity index (χ1n) is 7.91. The molecule has 0 saturated heterocycles. The molecule has 0 bridgehead atoms. The van der Waals surface area contributed by atoms with Gasteiger partial charge in [0, 0.05) is 0 Å². The van der Waals surface area contributed by atoms with E-state index in [0.29, 0.717) is 15.7 Å². The van der Waals surface area contributed by atoms with E-state index in [2.05, 4.69) is 31.8 Å². The van der Waals surface area contributed by atoms with Gasteiger partial charge < -0.3 is 0 Å². The van der Waals surface area contributed by atoms with Crippen molar-refractivity contribution in [3.63, 3.8) is 0 Å². The Labute approximate surface area is 155 Å². The zero-order valence-electron chi connectivity index (χ0n) is 14.3. The van der Waals surface area contributed by atoms with Crippen molar-refractivity contribution in [2.24, 2.45) is 15.3 Å². The van der Waals surface area contributed by atoms with Gasteiger partial charge in [0.2, 0.25) is 0 Å². The van der Waals surface area contributed by atoms with Crippen molar-refractivity contribution in [3.05, 3.63) is 70.9 Å². The Balaban J connectivity index is 1.79. The summed E-state index contributed by atoms with van der Waals surface area (Å²) in [5.41, 5.74) is 6.53. The molecule has 26 heavy (non-hydrogen) atoms. The summed E-state index contributed by atoms with van der Waals surface area (Å²) in [6.45, 7) is 3.85. The molecular weight excluding hydrogens is 344 g/mol.